The van der Waals surface area contributed by atoms with E-state index < -0.39 is 0 Å². The normalized spacial score (nSPS) is 10.3. The highest BCUT2D eigenvalue weighted by atomic mass is 35.5. The van der Waals surface area contributed by atoms with Crippen LogP contribution in [0.1, 0.15) is 15.9 Å². The van der Waals surface area contributed by atoms with Crippen molar-refractivity contribution in [1.82, 2.24) is 0 Å². The van der Waals surface area contributed by atoms with Crippen molar-refractivity contribution in [2.75, 3.05) is 5.32 Å². The number of anilines is 1. The summed E-state index contributed by atoms with van der Waals surface area (Å²) in [7, 11) is 0. The molecule has 1 amide bonds. The lowest BCUT2D eigenvalue weighted by atomic mass is 10.1. The van der Waals surface area contributed by atoms with E-state index in [1.807, 2.05) is 0 Å². The fourth-order valence-corrected chi connectivity index (χ4v) is 1.83. The molecule has 0 unspecified atom stereocenters. The summed E-state index contributed by atoms with van der Waals surface area (Å²) in [5.41, 5.74) is 1.62. The smallest absolute Gasteiger partial charge is 0.255 e. The average Bonchev–Trinajstić information content (AvgIpc) is 2.37. The van der Waals surface area contributed by atoms with Crippen LogP contribution in [0, 0.1) is 6.92 Å². The lowest BCUT2D eigenvalue weighted by Crippen LogP contribution is -2.11. The summed E-state index contributed by atoms with van der Waals surface area (Å²) in [4.78, 5) is 12.0. The van der Waals surface area contributed by atoms with Gasteiger partial charge in [0.05, 0.1) is 10.0 Å². The summed E-state index contributed by atoms with van der Waals surface area (Å²) in [6.45, 7) is 1.76. The fourth-order valence-electron chi connectivity index (χ4n) is 1.53. The summed E-state index contributed by atoms with van der Waals surface area (Å²) in [5, 5.41) is 13.0. The van der Waals surface area contributed by atoms with Crippen LogP contribution in [0.25, 0.3) is 0 Å². The van der Waals surface area contributed by atoms with E-state index in [0.717, 1.165) is 0 Å². The molecule has 0 heterocycles. The summed E-state index contributed by atoms with van der Waals surface area (Å²) < 4.78 is 0. The van der Waals surface area contributed by atoms with Gasteiger partial charge >= 0.3 is 0 Å². The average molecular weight is 296 g/mol. The van der Waals surface area contributed by atoms with E-state index in [1.165, 1.54) is 6.07 Å². The minimum absolute atomic E-state index is 0.0850. The molecule has 0 aromatic heterocycles. The van der Waals surface area contributed by atoms with Gasteiger partial charge in [-0.3, -0.25) is 4.79 Å². The molecule has 0 fully saturated rings. The monoisotopic (exact) mass is 295 g/mol. The second kappa shape index (κ2) is 5.51. The zero-order chi connectivity index (χ0) is 14.0. The maximum absolute atomic E-state index is 12.0. The maximum Gasteiger partial charge on any atom is 0.255 e. The lowest BCUT2D eigenvalue weighted by Gasteiger charge is -2.07. The van der Waals surface area contributed by atoms with Crippen molar-refractivity contribution >= 4 is 34.8 Å². The minimum Gasteiger partial charge on any atom is -0.508 e. The zero-order valence-electron chi connectivity index (χ0n) is 10.1. The molecular weight excluding hydrogens is 285 g/mol. The molecule has 0 aliphatic carbocycles. The van der Waals surface area contributed by atoms with Crippen molar-refractivity contribution in [1.29, 1.82) is 0 Å². The Balaban J connectivity index is 2.20. The third kappa shape index (κ3) is 3.19. The SMILES string of the molecule is Cc1ccc(C(=O)Nc2ccc(Cl)c(Cl)c2)cc1O. The molecule has 0 aliphatic rings. The van der Waals surface area contributed by atoms with E-state index >= 15 is 0 Å². The van der Waals surface area contributed by atoms with Gasteiger partial charge in [-0.1, -0.05) is 29.3 Å². The molecule has 0 radical (unpaired) electrons. The largest absolute Gasteiger partial charge is 0.508 e. The molecular formula is C14H11Cl2NO2. The van der Waals surface area contributed by atoms with Crippen LogP contribution >= 0.6 is 23.2 Å². The van der Waals surface area contributed by atoms with Crippen molar-refractivity contribution in [3.8, 4) is 5.75 Å². The van der Waals surface area contributed by atoms with Crippen LogP contribution < -0.4 is 5.32 Å². The van der Waals surface area contributed by atoms with Gasteiger partial charge in [-0.05, 0) is 42.8 Å². The minimum atomic E-state index is -0.325. The molecule has 3 nitrogen and oxygen atoms in total. The highest BCUT2D eigenvalue weighted by Gasteiger charge is 2.09. The van der Waals surface area contributed by atoms with Gasteiger partial charge in [0.2, 0.25) is 0 Å². The van der Waals surface area contributed by atoms with E-state index in [1.54, 1.807) is 37.3 Å². The van der Waals surface area contributed by atoms with Gasteiger partial charge in [-0.2, -0.15) is 0 Å². The Morgan fingerprint density at radius 1 is 1.11 bits per heavy atom. The number of carbonyl (C=O) groups is 1. The van der Waals surface area contributed by atoms with E-state index in [2.05, 4.69) is 5.32 Å². The van der Waals surface area contributed by atoms with Crippen LogP contribution in [0.2, 0.25) is 10.0 Å². The Morgan fingerprint density at radius 3 is 2.47 bits per heavy atom. The lowest BCUT2D eigenvalue weighted by molar-refractivity contribution is 0.102. The van der Waals surface area contributed by atoms with E-state index in [0.29, 0.717) is 26.9 Å². The topological polar surface area (TPSA) is 49.3 Å². The Hall–Kier alpha value is -1.71. The first-order chi connectivity index (χ1) is 8.97. The number of carbonyl (C=O) groups excluding carboxylic acids is 1. The van der Waals surface area contributed by atoms with Gasteiger partial charge in [-0.15, -0.1) is 0 Å². The highest BCUT2D eigenvalue weighted by molar-refractivity contribution is 6.42. The predicted octanol–water partition coefficient (Wildman–Crippen LogP) is 4.26. The first-order valence-corrected chi connectivity index (χ1v) is 6.29. The van der Waals surface area contributed by atoms with Gasteiger partial charge < -0.3 is 10.4 Å². The van der Waals surface area contributed by atoms with E-state index in [9.17, 15) is 9.90 Å². The van der Waals surface area contributed by atoms with Crippen LogP contribution in [0.4, 0.5) is 5.69 Å². The van der Waals surface area contributed by atoms with Crippen LogP contribution in [-0.4, -0.2) is 11.0 Å². The number of halogens is 2. The van der Waals surface area contributed by atoms with Crippen molar-refractivity contribution in [3.05, 3.63) is 57.6 Å². The molecule has 0 atom stereocenters. The Labute approximate surface area is 120 Å². The second-order valence-electron chi connectivity index (χ2n) is 4.08. The molecule has 19 heavy (non-hydrogen) atoms. The number of amides is 1. The Bertz CT molecular complexity index is 641. The van der Waals surface area contributed by atoms with Crippen molar-refractivity contribution in [2.45, 2.75) is 6.92 Å². The molecule has 0 aliphatic heterocycles. The standard InChI is InChI=1S/C14H11Cl2NO2/c1-8-2-3-9(6-13(8)18)14(19)17-10-4-5-11(15)12(16)7-10/h2-7,18H,1H3,(H,17,19). The molecule has 2 aromatic carbocycles. The number of nitrogens with one attached hydrogen (secondary N) is 1. The molecule has 0 spiro atoms. The number of hydrogen-bond donors (Lipinski definition) is 2. The first-order valence-electron chi connectivity index (χ1n) is 5.53. The molecule has 0 saturated heterocycles. The highest BCUT2D eigenvalue weighted by Crippen LogP contribution is 2.25. The zero-order valence-corrected chi connectivity index (χ0v) is 11.6. The summed E-state index contributed by atoms with van der Waals surface area (Å²) in [6, 6.07) is 9.56. The van der Waals surface area contributed by atoms with Gasteiger partial charge in [0, 0.05) is 11.3 Å². The maximum atomic E-state index is 12.0. The molecule has 0 bridgehead atoms. The number of benzene rings is 2. The van der Waals surface area contributed by atoms with Crippen LogP contribution in [0.3, 0.4) is 0 Å². The Kier molecular flexibility index (Phi) is 3.98. The third-order valence-electron chi connectivity index (χ3n) is 2.65. The summed E-state index contributed by atoms with van der Waals surface area (Å²) in [6.07, 6.45) is 0. The first kappa shape index (κ1) is 13.7. The molecule has 2 aromatic rings. The van der Waals surface area contributed by atoms with Gasteiger partial charge in [-0.25, -0.2) is 0 Å². The number of phenolic OH excluding ortho intramolecular Hbond substituents is 1. The third-order valence-corrected chi connectivity index (χ3v) is 3.39. The molecule has 2 rings (SSSR count). The number of aromatic hydroxyl groups is 1. The van der Waals surface area contributed by atoms with Crippen LogP contribution in [0.15, 0.2) is 36.4 Å². The number of hydrogen-bond acceptors (Lipinski definition) is 2. The predicted molar refractivity (Wildman–Crippen MR) is 77.3 cm³/mol. The fraction of sp³-hybridized carbons (Fsp3) is 0.0714. The summed E-state index contributed by atoms with van der Waals surface area (Å²) >= 11 is 11.7. The summed E-state index contributed by atoms with van der Waals surface area (Å²) in [5.74, 6) is -0.240. The second-order valence-corrected chi connectivity index (χ2v) is 4.90. The molecule has 2 N–H and O–H groups in total. The van der Waals surface area contributed by atoms with Crippen LogP contribution in [0.5, 0.6) is 5.75 Å². The number of rotatable bonds is 2. The van der Waals surface area contributed by atoms with Gasteiger partial charge in [0.15, 0.2) is 0 Å². The van der Waals surface area contributed by atoms with Crippen molar-refractivity contribution in [2.24, 2.45) is 0 Å². The number of aryl methyl sites for hydroxylation is 1. The van der Waals surface area contributed by atoms with E-state index in [-0.39, 0.29) is 11.7 Å². The quantitative estimate of drug-likeness (QED) is 0.870. The number of phenols is 1. The van der Waals surface area contributed by atoms with Crippen molar-refractivity contribution < 1.29 is 9.90 Å². The van der Waals surface area contributed by atoms with Gasteiger partial charge in [0.1, 0.15) is 5.75 Å². The van der Waals surface area contributed by atoms with E-state index in [4.69, 9.17) is 23.2 Å². The van der Waals surface area contributed by atoms with Crippen molar-refractivity contribution in [3.63, 3.8) is 0 Å². The van der Waals surface area contributed by atoms with Gasteiger partial charge in [0.25, 0.3) is 5.91 Å². The molecule has 0 saturated carbocycles. The Morgan fingerprint density at radius 2 is 1.84 bits per heavy atom. The molecule has 5 heteroatoms. The molecule has 98 valence electrons. The van der Waals surface area contributed by atoms with Crippen LogP contribution in [-0.2, 0) is 0 Å².